The minimum Gasteiger partial charge on any atom is -0.381 e. The predicted molar refractivity (Wildman–Crippen MR) is 77.5 cm³/mol. The summed E-state index contributed by atoms with van der Waals surface area (Å²) in [5.74, 6) is 0.414. The molecule has 4 heteroatoms. The summed E-state index contributed by atoms with van der Waals surface area (Å²) in [6.45, 7) is 1.66. The minimum absolute atomic E-state index is 0.0696. The maximum Gasteiger partial charge on any atom is 0.248 e. The number of nitrogens with zero attached hydrogens (tertiary/aromatic N) is 1. The van der Waals surface area contributed by atoms with Gasteiger partial charge in [0.1, 0.15) is 6.61 Å². The third-order valence-corrected chi connectivity index (χ3v) is 3.93. The van der Waals surface area contributed by atoms with Gasteiger partial charge in [-0.05, 0) is 18.4 Å². The quantitative estimate of drug-likeness (QED) is 0.823. The van der Waals surface area contributed by atoms with Crippen molar-refractivity contribution < 1.29 is 14.3 Å². The van der Waals surface area contributed by atoms with Crippen molar-refractivity contribution >= 4 is 5.91 Å². The Labute approximate surface area is 120 Å². The van der Waals surface area contributed by atoms with Crippen molar-refractivity contribution in [3.05, 3.63) is 35.9 Å². The van der Waals surface area contributed by atoms with Gasteiger partial charge in [0.2, 0.25) is 5.91 Å². The normalized spacial score (nSPS) is 22.8. The lowest BCUT2D eigenvalue weighted by Crippen LogP contribution is -2.48. The van der Waals surface area contributed by atoms with Crippen LogP contribution in [0, 0.1) is 5.92 Å². The van der Waals surface area contributed by atoms with Crippen LogP contribution in [0.25, 0.3) is 0 Å². The molecule has 0 spiro atoms. The molecule has 0 bridgehead atoms. The molecule has 1 aromatic rings. The Morgan fingerprint density at radius 1 is 1.30 bits per heavy atom. The summed E-state index contributed by atoms with van der Waals surface area (Å²) in [5, 5.41) is 0. The summed E-state index contributed by atoms with van der Waals surface area (Å²) in [6, 6.07) is 10.4. The summed E-state index contributed by atoms with van der Waals surface area (Å²) >= 11 is 0. The first-order valence-electron chi connectivity index (χ1n) is 7.08. The van der Waals surface area contributed by atoms with E-state index < -0.39 is 0 Å². The second kappa shape index (κ2) is 7.41. The van der Waals surface area contributed by atoms with E-state index in [0.29, 0.717) is 5.92 Å². The highest BCUT2D eigenvalue weighted by Gasteiger charge is 2.31. The predicted octanol–water partition coefficient (Wildman–Crippen LogP) is 1.74. The third-order valence-electron chi connectivity index (χ3n) is 3.93. The van der Waals surface area contributed by atoms with Gasteiger partial charge in [-0.25, -0.2) is 0 Å². The molecule has 1 amide bonds. The molecule has 4 nitrogen and oxygen atoms in total. The Hall–Kier alpha value is -1.39. The maximum absolute atomic E-state index is 12.0. The van der Waals surface area contributed by atoms with Crippen molar-refractivity contribution in [2.24, 2.45) is 5.92 Å². The average molecular weight is 277 g/mol. The molecule has 0 saturated carbocycles. The van der Waals surface area contributed by atoms with Gasteiger partial charge in [-0.3, -0.25) is 4.79 Å². The van der Waals surface area contributed by atoms with Crippen LogP contribution in [0.4, 0.5) is 0 Å². The van der Waals surface area contributed by atoms with Crippen LogP contribution in [-0.2, 0) is 20.7 Å². The van der Waals surface area contributed by atoms with E-state index in [9.17, 15) is 4.79 Å². The second-order valence-corrected chi connectivity index (χ2v) is 5.29. The first-order chi connectivity index (χ1) is 9.74. The first-order valence-corrected chi connectivity index (χ1v) is 7.08. The fourth-order valence-electron chi connectivity index (χ4n) is 2.88. The molecule has 1 saturated heterocycles. The van der Waals surface area contributed by atoms with Gasteiger partial charge in [-0.2, -0.15) is 0 Å². The van der Waals surface area contributed by atoms with E-state index >= 15 is 0 Å². The van der Waals surface area contributed by atoms with Crippen molar-refractivity contribution in [1.82, 2.24) is 4.90 Å². The van der Waals surface area contributed by atoms with Gasteiger partial charge in [0.25, 0.3) is 0 Å². The molecule has 0 aliphatic carbocycles. The molecule has 110 valence electrons. The molecule has 1 aliphatic rings. The van der Waals surface area contributed by atoms with Crippen molar-refractivity contribution in [2.75, 3.05) is 33.9 Å². The third kappa shape index (κ3) is 3.81. The maximum atomic E-state index is 12.0. The number of likely N-dealkylation sites (tertiary alicyclic amines) is 1. The summed E-state index contributed by atoms with van der Waals surface area (Å²) < 4.78 is 10.5. The SMILES string of the molecule is COCC(=O)N1CC[C@H](OC)[C@@H](Cc2ccccc2)C1. The monoisotopic (exact) mass is 277 g/mol. The number of carbonyl (C=O) groups excluding carboxylic acids is 1. The van der Waals surface area contributed by atoms with Crippen molar-refractivity contribution in [3.63, 3.8) is 0 Å². The lowest BCUT2D eigenvalue weighted by molar-refractivity contribution is -0.139. The van der Waals surface area contributed by atoms with Gasteiger partial charge in [0, 0.05) is 33.2 Å². The highest BCUT2D eigenvalue weighted by molar-refractivity contribution is 5.77. The molecule has 2 rings (SSSR count). The number of methoxy groups -OCH3 is 2. The fourth-order valence-corrected chi connectivity index (χ4v) is 2.88. The van der Waals surface area contributed by atoms with E-state index in [1.807, 2.05) is 23.1 Å². The molecule has 1 fully saturated rings. The Kier molecular flexibility index (Phi) is 5.56. The molecule has 20 heavy (non-hydrogen) atoms. The molecular weight excluding hydrogens is 254 g/mol. The Morgan fingerprint density at radius 3 is 2.70 bits per heavy atom. The molecule has 0 aromatic heterocycles. The number of hydrogen-bond donors (Lipinski definition) is 0. The Bertz CT molecular complexity index is 421. The number of piperidine rings is 1. The molecule has 2 atom stereocenters. The standard InChI is InChI=1S/C16H23NO3/c1-19-12-16(18)17-9-8-15(20-2)14(11-17)10-13-6-4-3-5-7-13/h3-7,14-15H,8-12H2,1-2H3/t14-,15-/m0/s1. The number of ether oxygens (including phenoxy) is 2. The zero-order chi connectivity index (χ0) is 14.4. The van der Waals surface area contributed by atoms with Gasteiger partial charge in [0.15, 0.2) is 0 Å². The number of rotatable bonds is 5. The molecular formula is C16H23NO3. The van der Waals surface area contributed by atoms with E-state index in [1.54, 1.807) is 14.2 Å². The molecule has 0 unspecified atom stereocenters. The summed E-state index contributed by atoms with van der Waals surface area (Å²) in [7, 11) is 3.32. The topological polar surface area (TPSA) is 38.8 Å². The van der Waals surface area contributed by atoms with Gasteiger partial charge in [-0.1, -0.05) is 30.3 Å². The minimum atomic E-state index is 0.0696. The van der Waals surface area contributed by atoms with Crippen LogP contribution in [0.5, 0.6) is 0 Å². The van der Waals surface area contributed by atoms with Crippen molar-refractivity contribution in [2.45, 2.75) is 18.9 Å². The van der Waals surface area contributed by atoms with E-state index in [2.05, 4.69) is 12.1 Å². The van der Waals surface area contributed by atoms with Crippen LogP contribution in [0.1, 0.15) is 12.0 Å². The Balaban J connectivity index is 2.01. The zero-order valence-electron chi connectivity index (χ0n) is 12.2. The zero-order valence-corrected chi connectivity index (χ0v) is 12.2. The molecule has 1 heterocycles. The number of amides is 1. The van der Waals surface area contributed by atoms with E-state index in [4.69, 9.17) is 9.47 Å². The van der Waals surface area contributed by atoms with Crippen molar-refractivity contribution in [3.8, 4) is 0 Å². The van der Waals surface area contributed by atoms with Gasteiger partial charge < -0.3 is 14.4 Å². The fraction of sp³-hybridized carbons (Fsp3) is 0.562. The van der Waals surface area contributed by atoms with Crippen LogP contribution in [-0.4, -0.2) is 50.8 Å². The number of benzene rings is 1. The van der Waals surface area contributed by atoms with Gasteiger partial charge >= 0.3 is 0 Å². The lowest BCUT2D eigenvalue weighted by Gasteiger charge is -2.38. The van der Waals surface area contributed by atoms with Gasteiger partial charge in [-0.15, -0.1) is 0 Å². The van der Waals surface area contributed by atoms with Crippen LogP contribution in [0.2, 0.25) is 0 Å². The van der Waals surface area contributed by atoms with Crippen LogP contribution < -0.4 is 0 Å². The molecule has 1 aliphatic heterocycles. The molecule has 0 radical (unpaired) electrons. The number of carbonyl (C=O) groups is 1. The molecule has 0 N–H and O–H groups in total. The first kappa shape index (κ1) is 15.0. The Morgan fingerprint density at radius 2 is 2.05 bits per heavy atom. The van der Waals surface area contributed by atoms with E-state index in [0.717, 1.165) is 25.9 Å². The van der Waals surface area contributed by atoms with Gasteiger partial charge in [0.05, 0.1) is 6.10 Å². The summed E-state index contributed by atoms with van der Waals surface area (Å²) in [6.07, 6.45) is 2.06. The second-order valence-electron chi connectivity index (χ2n) is 5.29. The summed E-state index contributed by atoms with van der Waals surface area (Å²) in [4.78, 5) is 13.8. The van der Waals surface area contributed by atoms with Crippen LogP contribution >= 0.6 is 0 Å². The molecule has 1 aromatic carbocycles. The highest BCUT2D eigenvalue weighted by atomic mass is 16.5. The van der Waals surface area contributed by atoms with E-state index in [-0.39, 0.29) is 18.6 Å². The number of hydrogen-bond acceptors (Lipinski definition) is 3. The highest BCUT2D eigenvalue weighted by Crippen LogP contribution is 2.23. The van der Waals surface area contributed by atoms with Crippen LogP contribution in [0.3, 0.4) is 0 Å². The van der Waals surface area contributed by atoms with Crippen LogP contribution in [0.15, 0.2) is 30.3 Å². The average Bonchev–Trinajstić information content (AvgIpc) is 2.48. The lowest BCUT2D eigenvalue weighted by atomic mass is 9.88. The largest absolute Gasteiger partial charge is 0.381 e. The van der Waals surface area contributed by atoms with Crippen molar-refractivity contribution in [1.29, 1.82) is 0 Å². The smallest absolute Gasteiger partial charge is 0.248 e. The van der Waals surface area contributed by atoms with E-state index in [1.165, 1.54) is 5.56 Å². The summed E-state index contributed by atoms with van der Waals surface area (Å²) in [5.41, 5.74) is 1.29.